The van der Waals surface area contributed by atoms with Crippen molar-refractivity contribution < 1.29 is 8.78 Å². The fourth-order valence-electron chi connectivity index (χ4n) is 5.70. The van der Waals surface area contributed by atoms with Gasteiger partial charge in [0.1, 0.15) is 11.6 Å². The summed E-state index contributed by atoms with van der Waals surface area (Å²) >= 11 is 0. The Morgan fingerprint density at radius 1 is 0.741 bits per heavy atom. The first-order chi connectivity index (χ1) is 13.2. The maximum absolute atomic E-state index is 13.8. The molecule has 0 nitrogen and oxygen atoms in total. The molecule has 0 spiro atoms. The highest BCUT2D eigenvalue weighted by Crippen LogP contribution is 2.43. The van der Waals surface area contributed by atoms with Crippen molar-refractivity contribution in [2.75, 3.05) is 0 Å². The van der Waals surface area contributed by atoms with E-state index in [1.54, 1.807) is 0 Å². The summed E-state index contributed by atoms with van der Waals surface area (Å²) < 4.78 is 27.6. The van der Waals surface area contributed by atoms with Gasteiger partial charge in [0.2, 0.25) is 0 Å². The van der Waals surface area contributed by atoms with E-state index in [0.717, 1.165) is 24.2 Å². The number of rotatable bonds is 8. The van der Waals surface area contributed by atoms with Crippen molar-refractivity contribution in [3.05, 3.63) is 35.4 Å². The van der Waals surface area contributed by atoms with Crippen LogP contribution in [-0.4, -0.2) is 0 Å². The number of hydrogen-bond donors (Lipinski definition) is 0. The lowest BCUT2D eigenvalue weighted by Crippen LogP contribution is -2.26. The summed E-state index contributed by atoms with van der Waals surface area (Å²) in [6.07, 6.45) is 18.1. The average molecular weight is 377 g/mol. The zero-order valence-electron chi connectivity index (χ0n) is 17.2. The van der Waals surface area contributed by atoms with Crippen LogP contribution >= 0.6 is 0 Å². The van der Waals surface area contributed by atoms with Gasteiger partial charge in [-0.3, -0.25) is 0 Å². The normalized spacial score (nSPS) is 29.0. The second-order valence-corrected chi connectivity index (χ2v) is 9.30. The highest BCUT2D eigenvalue weighted by atomic mass is 19.1. The lowest BCUT2D eigenvalue weighted by Gasteiger charge is -2.38. The summed E-state index contributed by atoms with van der Waals surface area (Å²) in [6, 6.07) is 4.22. The highest BCUT2D eigenvalue weighted by molar-refractivity contribution is 5.19. The van der Waals surface area contributed by atoms with Crippen LogP contribution in [0.2, 0.25) is 0 Å². The van der Waals surface area contributed by atoms with Crippen molar-refractivity contribution in [2.45, 2.75) is 96.8 Å². The van der Waals surface area contributed by atoms with Crippen molar-refractivity contribution in [1.29, 1.82) is 0 Å². The Morgan fingerprint density at radius 3 is 1.78 bits per heavy atom. The first-order valence-electron chi connectivity index (χ1n) is 11.6. The van der Waals surface area contributed by atoms with Gasteiger partial charge in [0.25, 0.3) is 0 Å². The quantitative estimate of drug-likeness (QED) is 0.402. The summed E-state index contributed by atoms with van der Waals surface area (Å²) in [5.74, 6) is 2.78. The fraction of sp³-hybridized carbons (Fsp3) is 0.760. The zero-order valence-corrected chi connectivity index (χ0v) is 17.2. The Labute approximate surface area is 165 Å². The van der Waals surface area contributed by atoms with Crippen LogP contribution in [0, 0.1) is 35.3 Å². The third-order valence-corrected chi connectivity index (χ3v) is 7.53. The molecule has 0 heterocycles. The summed E-state index contributed by atoms with van der Waals surface area (Å²) in [7, 11) is 0. The van der Waals surface area contributed by atoms with Gasteiger partial charge in [0.05, 0.1) is 0 Å². The van der Waals surface area contributed by atoms with Crippen LogP contribution < -0.4 is 0 Å². The topological polar surface area (TPSA) is 0 Å². The second-order valence-electron chi connectivity index (χ2n) is 9.30. The molecule has 2 fully saturated rings. The molecule has 0 aliphatic heterocycles. The van der Waals surface area contributed by atoms with E-state index in [1.807, 2.05) is 0 Å². The Morgan fingerprint density at radius 2 is 1.26 bits per heavy atom. The maximum atomic E-state index is 13.8. The molecule has 2 aliphatic carbocycles. The van der Waals surface area contributed by atoms with Crippen molar-refractivity contribution >= 4 is 0 Å². The van der Waals surface area contributed by atoms with Crippen molar-refractivity contribution in [1.82, 2.24) is 0 Å². The molecule has 1 aromatic rings. The van der Waals surface area contributed by atoms with Crippen LogP contribution in [0.4, 0.5) is 8.78 Å². The van der Waals surface area contributed by atoms with Gasteiger partial charge in [0.15, 0.2) is 0 Å². The lowest BCUT2D eigenvalue weighted by molar-refractivity contribution is 0.140. The fourth-order valence-corrected chi connectivity index (χ4v) is 5.70. The number of benzene rings is 1. The lowest BCUT2D eigenvalue weighted by atomic mass is 9.68. The maximum Gasteiger partial charge on any atom is 0.129 e. The number of hydrogen-bond acceptors (Lipinski definition) is 0. The molecule has 27 heavy (non-hydrogen) atoms. The number of halogens is 2. The third-order valence-electron chi connectivity index (χ3n) is 7.53. The number of unbranched alkanes of at least 4 members (excludes halogenated alkanes) is 2. The largest absolute Gasteiger partial charge is 0.207 e. The van der Waals surface area contributed by atoms with Crippen LogP contribution in [-0.2, 0) is 6.42 Å². The summed E-state index contributed by atoms with van der Waals surface area (Å²) in [5, 5.41) is 0. The van der Waals surface area contributed by atoms with Crippen LogP contribution in [0.1, 0.15) is 96.0 Å². The van der Waals surface area contributed by atoms with Gasteiger partial charge in [-0.1, -0.05) is 64.4 Å². The highest BCUT2D eigenvalue weighted by Gasteiger charge is 2.30. The minimum atomic E-state index is -0.376. The molecule has 0 bridgehead atoms. The van der Waals surface area contributed by atoms with Crippen LogP contribution in [0.5, 0.6) is 0 Å². The Bertz CT molecular complexity index is 531. The van der Waals surface area contributed by atoms with Crippen LogP contribution in [0.3, 0.4) is 0 Å². The standard InChI is InChI=1S/C25H38F2/c1-2-3-4-6-19-9-14-21(15-10-19)22-16-11-20(12-17-22)13-18-23-24(26)7-5-8-25(23)27/h5,7-8,19-22H,2-4,6,9-18H2,1H3/t19-,20?,21-,22?. The molecule has 0 radical (unpaired) electrons. The molecule has 0 unspecified atom stereocenters. The van der Waals surface area contributed by atoms with Crippen LogP contribution in [0.15, 0.2) is 18.2 Å². The molecule has 152 valence electrons. The molecule has 0 saturated heterocycles. The molecule has 0 N–H and O–H groups in total. The van der Waals surface area contributed by atoms with E-state index in [4.69, 9.17) is 0 Å². The second kappa shape index (κ2) is 10.6. The molecule has 3 rings (SSSR count). The Balaban J connectivity index is 1.36. The molecule has 2 aliphatic rings. The van der Waals surface area contributed by atoms with Crippen molar-refractivity contribution in [3.8, 4) is 0 Å². The van der Waals surface area contributed by atoms with E-state index < -0.39 is 0 Å². The van der Waals surface area contributed by atoms with Gasteiger partial charge in [-0.25, -0.2) is 8.78 Å². The van der Waals surface area contributed by atoms with Crippen molar-refractivity contribution in [2.24, 2.45) is 23.7 Å². The van der Waals surface area contributed by atoms with E-state index in [-0.39, 0.29) is 11.6 Å². The molecule has 2 heteroatoms. The molecule has 1 aromatic carbocycles. The summed E-state index contributed by atoms with van der Waals surface area (Å²) in [5.41, 5.74) is 0.293. The summed E-state index contributed by atoms with van der Waals surface area (Å²) in [4.78, 5) is 0. The molecule has 0 aromatic heterocycles. The molecule has 0 atom stereocenters. The smallest absolute Gasteiger partial charge is 0.129 e. The summed E-state index contributed by atoms with van der Waals surface area (Å²) in [6.45, 7) is 2.29. The Kier molecular flexibility index (Phi) is 8.15. The van der Waals surface area contributed by atoms with E-state index in [2.05, 4.69) is 6.92 Å². The van der Waals surface area contributed by atoms with Crippen molar-refractivity contribution in [3.63, 3.8) is 0 Å². The van der Waals surface area contributed by atoms with Gasteiger partial charge in [0, 0.05) is 5.56 Å². The van der Waals surface area contributed by atoms with Gasteiger partial charge in [-0.2, -0.15) is 0 Å². The monoisotopic (exact) mass is 376 g/mol. The average Bonchev–Trinajstić information content (AvgIpc) is 2.69. The minimum Gasteiger partial charge on any atom is -0.207 e. The molecular weight excluding hydrogens is 338 g/mol. The first kappa shape index (κ1) is 20.8. The van der Waals surface area contributed by atoms with E-state index >= 15 is 0 Å². The third kappa shape index (κ3) is 6.03. The van der Waals surface area contributed by atoms with Gasteiger partial charge in [-0.15, -0.1) is 0 Å². The first-order valence-corrected chi connectivity index (χ1v) is 11.6. The molecular formula is C25H38F2. The minimum absolute atomic E-state index is 0.293. The molecule has 2 saturated carbocycles. The zero-order chi connectivity index (χ0) is 19.1. The van der Waals surface area contributed by atoms with Gasteiger partial charge < -0.3 is 0 Å². The van der Waals surface area contributed by atoms with E-state index in [9.17, 15) is 8.78 Å². The Hall–Kier alpha value is -0.920. The van der Waals surface area contributed by atoms with E-state index in [1.165, 1.54) is 95.2 Å². The predicted molar refractivity (Wildman–Crippen MR) is 110 cm³/mol. The predicted octanol–water partition coefficient (Wildman–Crippen LogP) is 8.09. The van der Waals surface area contributed by atoms with E-state index in [0.29, 0.717) is 17.9 Å². The SMILES string of the molecule is CCCCC[C@H]1CC[C@H](C2CCC(CCc3c(F)cccc3F)CC2)CC1. The molecule has 0 amide bonds. The van der Waals surface area contributed by atoms with Crippen LogP contribution in [0.25, 0.3) is 0 Å². The van der Waals surface area contributed by atoms with Gasteiger partial charge in [-0.05, 0) is 74.3 Å². The van der Waals surface area contributed by atoms with Gasteiger partial charge >= 0.3 is 0 Å².